The molecule has 0 aliphatic rings. The fraction of sp³-hybridized carbons (Fsp3) is 0.533. The van der Waals surface area contributed by atoms with Crippen LogP contribution >= 0.6 is 0 Å². The molecule has 3 N–H and O–H groups in total. The third kappa shape index (κ3) is 4.78. The fourth-order valence-corrected chi connectivity index (χ4v) is 2.02. The number of hydrogen-bond donors (Lipinski definition) is 2. The normalized spacial score (nSPS) is 12.2. The Bertz CT molecular complexity index is 381. The third-order valence-corrected chi connectivity index (χ3v) is 2.98. The second-order valence-electron chi connectivity index (χ2n) is 5.00. The van der Waals surface area contributed by atoms with Crippen LogP contribution in [0, 0.1) is 6.92 Å². The molecule has 0 heterocycles. The van der Waals surface area contributed by atoms with E-state index >= 15 is 0 Å². The molecule has 0 radical (unpaired) electrons. The first-order valence-electron chi connectivity index (χ1n) is 6.71. The zero-order valence-electron chi connectivity index (χ0n) is 11.6. The lowest BCUT2D eigenvalue weighted by Gasteiger charge is -2.14. The van der Waals surface area contributed by atoms with Gasteiger partial charge in [0.25, 0.3) is 5.91 Å². The highest BCUT2D eigenvalue weighted by Gasteiger charge is 2.10. The Hall–Kier alpha value is -1.51. The van der Waals surface area contributed by atoms with Crippen molar-refractivity contribution in [2.75, 3.05) is 5.73 Å². The van der Waals surface area contributed by atoms with E-state index in [2.05, 4.69) is 12.2 Å². The topological polar surface area (TPSA) is 55.1 Å². The van der Waals surface area contributed by atoms with E-state index in [0.29, 0.717) is 11.3 Å². The van der Waals surface area contributed by atoms with Gasteiger partial charge in [0.15, 0.2) is 0 Å². The van der Waals surface area contributed by atoms with Crippen molar-refractivity contribution in [1.82, 2.24) is 5.32 Å². The molecule has 0 saturated heterocycles. The van der Waals surface area contributed by atoms with Gasteiger partial charge in [-0.1, -0.05) is 26.2 Å². The van der Waals surface area contributed by atoms with Crippen molar-refractivity contribution < 1.29 is 4.79 Å². The molecule has 0 aromatic heterocycles. The van der Waals surface area contributed by atoms with E-state index in [1.807, 2.05) is 26.0 Å². The van der Waals surface area contributed by atoms with Crippen LogP contribution in [-0.4, -0.2) is 11.9 Å². The third-order valence-electron chi connectivity index (χ3n) is 2.98. The number of rotatable bonds is 6. The predicted octanol–water partition coefficient (Wildman–Crippen LogP) is 3.28. The Morgan fingerprint density at radius 3 is 2.67 bits per heavy atom. The molecule has 1 atom stereocenters. The molecule has 1 amide bonds. The summed E-state index contributed by atoms with van der Waals surface area (Å²) in [5.74, 6) is -0.0330. The molecule has 1 unspecified atom stereocenters. The van der Waals surface area contributed by atoms with Crippen molar-refractivity contribution in [3.05, 3.63) is 29.3 Å². The van der Waals surface area contributed by atoms with E-state index in [4.69, 9.17) is 5.73 Å². The number of amides is 1. The summed E-state index contributed by atoms with van der Waals surface area (Å²) in [6.07, 6.45) is 4.61. The molecule has 1 rings (SSSR count). The number of nitrogen functional groups attached to an aromatic ring is 1. The Labute approximate surface area is 110 Å². The first-order chi connectivity index (χ1) is 8.52. The van der Waals surface area contributed by atoms with Gasteiger partial charge in [0.05, 0.1) is 0 Å². The first kappa shape index (κ1) is 14.6. The average Bonchev–Trinajstić information content (AvgIpc) is 2.28. The van der Waals surface area contributed by atoms with E-state index in [1.165, 1.54) is 12.8 Å². The summed E-state index contributed by atoms with van der Waals surface area (Å²) in [5, 5.41) is 3.02. The van der Waals surface area contributed by atoms with Crippen molar-refractivity contribution >= 4 is 11.6 Å². The van der Waals surface area contributed by atoms with E-state index in [0.717, 1.165) is 18.4 Å². The van der Waals surface area contributed by atoms with Crippen LogP contribution < -0.4 is 11.1 Å². The Morgan fingerprint density at radius 1 is 1.33 bits per heavy atom. The summed E-state index contributed by atoms with van der Waals surface area (Å²) < 4.78 is 0. The Morgan fingerprint density at radius 2 is 2.06 bits per heavy atom. The van der Waals surface area contributed by atoms with Crippen LogP contribution in [0.2, 0.25) is 0 Å². The molecular weight excluding hydrogens is 224 g/mol. The second-order valence-corrected chi connectivity index (χ2v) is 5.00. The minimum atomic E-state index is -0.0330. The Balaban J connectivity index is 2.54. The number of nitrogens with one attached hydrogen (secondary N) is 1. The molecule has 0 spiro atoms. The molecule has 100 valence electrons. The number of hydrogen-bond acceptors (Lipinski definition) is 2. The van der Waals surface area contributed by atoms with Crippen molar-refractivity contribution in [3.8, 4) is 0 Å². The lowest BCUT2D eigenvalue weighted by molar-refractivity contribution is 0.0938. The number of aryl methyl sites for hydroxylation is 1. The summed E-state index contributed by atoms with van der Waals surface area (Å²) in [5.41, 5.74) is 8.04. The molecule has 3 nitrogen and oxygen atoms in total. The highest BCUT2D eigenvalue weighted by molar-refractivity contribution is 5.95. The Kier molecular flexibility index (Phi) is 5.69. The minimum Gasteiger partial charge on any atom is -0.399 e. The molecule has 18 heavy (non-hydrogen) atoms. The number of carbonyl (C=O) groups excluding carboxylic acids is 1. The lowest BCUT2D eigenvalue weighted by Crippen LogP contribution is -2.32. The molecule has 0 fully saturated rings. The van der Waals surface area contributed by atoms with Gasteiger partial charge in [-0.2, -0.15) is 0 Å². The van der Waals surface area contributed by atoms with Crippen LogP contribution in [-0.2, 0) is 0 Å². The zero-order chi connectivity index (χ0) is 13.5. The maximum atomic E-state index is 12.0. The van der Waals surface area contributed by atoms with Gasteiger partial charge in [-0.15, -0.1) is 0 Å². The van der Waals surface area contributed by atoms with Crippen LogP contribution in [0.15, 0.2) is 18.2 Å². The maximum Gasteiger partial charge on any atom is 0.251 e. The van der Waals surface area contributed by atoms with Crippen molar-refractivity contribution in [3.63, 3.8) is 0 Å². The monoisotopic (exact) mass is 248 g/mol. The standard InChI is InChI=1S/C15H24N2O/c1-4-5-6-7-12(3)17-15(18)13-8-11(2)9-14(16)10-13/h8-10,12H,4-7,16H2,1-3H3,(H,17,18). The number of unbranched alkanes of at least 4 members (excludes halogenated alkanes) is 2. The largest absolute Gasteiger partial charge is 0.399 e. The second kappa shape index (κ2) is 7.04. The average molecular weight is 248 g/mol. The highest BCUT2D eigenvalue weighted by atomic mass is 16.1. The molecule has 0 aliphatic carbocycles. The predicted molar refractivity (Wildman–Crippen MR) is 76.7 cm³/mol. The van der Waals surface area contributed by atoms with Crippen molar-refractivity contribution in [2.45, 2.75) is 52.5 Å². The van der Waals surface area contributed by atoms with E-state index in [1.54, 1.807) is 6.07 Å². The summed E-state index contributed by atoms with van der Waals surface area (Å²) in [6.45, 7) is 6.17. The molecular formula is C15H24N2O. The van der Waals surface area contributed by atoms with Crippen LogP contribution in [0.5, 0.6) is 0 Å². The summed E-state index contributed by atoms with van der Waals surface area (Å²) in [7, 11) is 0. The number of carbonyl (C=O) groups is 1. The van der Waals surface area contributed by atoms with Gasteiger partial charge in [-0.05, 0) is 44.0 Å². The van der Waals surface area contributed by atoms with Gasteiger partial charge in [-0.25, -0.2) is 0 Å². The molecule has 3 heteroatoms. The van der Waals surface area contributed by atoms with Gasteiger partial charge in [0.1, 0.15) is 0 Å². The van der Waals surface area contributed by atoms with Crippen LogP contribution in [0.1, 0.15) is 55.5 Å². The number of nitrogens with two attached hydrogens (primary N) is 1. The van der Waals surface area contributed by atoms with Crippen LogP contribution in [0.4, 0.5) is 5.69 Å². The number of anilines is 1. The van der Waals surface area contributed by atoms with Gasteiger partial charge < -0.3 is 11.1 Å². The van der Waals surface area contributed by atoms with Gasteiger partial charge in [0.2, 0.25) is 0 Å². The minimum absolute atomic E-state index is 0.0330. The SMILES string of the molecule is CCCCCC(C)NC(=O)c1cc(C)cc(N)c1. The molecule has 0 bridgehead atoms. The van der Waals surface area contributed by atoms with E-state index < -0.39 is 0 Å². The van der Waals surface area contributed by atoms with Crippen LogP contribution in [0.3, 0.4) is 0 Å². The smallest absolute Gasteiger partial charge is 0.251 e. The van der Waals surface area contributed by atoms with Gasteiger partial charge in [0, 0.05) is 17.3 Å². The van der Waals surface area contributed by atoms with Crippen molar-refractivity contribution in [2.24, 2.45) is 0 Å². The van der Waals surface area contributed by atoms with Crippen LogP contribution in [0.25, 0.3) is 0 Å². The first-order valence-corrected chi connectivity index (χ1v) is 6.71. The fourth-order valence-electron chi connectivity index (χ4n) is 2.02. The molecule has 0 saturated carbocycles. The number of benzene rings is 1. The van der Waals surface area contributed by atoms with Gasteiger partial charge in [-0.3, -0.25) is 4.79 Å². The summed E-state index contributed by atoms with van der Waals surface area (Å²) in [4.78, 5) is 12.0. The summed E-state index contributed by atoms with van der Waals surface area (Å²) in [6, 6.07) is 5.67. The molecule has 1 aromatic rings. The summed E-state index contributed by atoms with van der Waals surface area (Å²) >= 11 is 0. The molecule has 0 aliphatic heterocycles. The van der Waals surface area contributed by atoms with E-state index in [9.17, 15) is 4.79 Å². The quantitative estimate of drug-likeness (QED) is 0.599. The van der Waals surface area contributed by atoms with E-state index in [-0.39, 0.29) is 11.9 Å². The maximum absolute atomic E-state index is 12.0. The molecule has 1 aromatic carbocycles. The van der Waals surface area contributed by atoms with Crippen molar-refractivity contribution in [1.29, 1.82) is 0 Å². The highest BCUT2D eigenvalue weighted by Crippen LogP contribution is 2.12. The zero-order valence-corrected chi connectivity index (χ0v) is 11.6. The lowest BCUT2D eigenvalue weighted by atomic mass is 10.1. The van der Waals surface area contributed by atoms with Gasteiger partial charge >= 0.3 is 0 Å².